The molecule has 7 nitrogen and oxygen atoms in total. The van der Waals surface area contributed by atoms with Gasteiger partial charge in [0.15, 0.2) is 0 Å². The SMILES string of the molecule is Cc1cc(C(F)(F)F)nc(CNC(=O)N(C)CCCc2nccn2C)n1. The van der Waals surface area contributed by atoms with Crippen molar-refractivity contribution in [2.75, 3.05) is 13.6 Å². The predicted molar refractivity (Wildman–Crippen MR) is 88.2 cm³/mol. The molecule has 2 amide bonds. The highest BCUT2D eigenvalue weighted by Crippen LogP contribution is 2.27. The average molecular weight is 370 g/mol. The number of urea groups is 1. The Morgan fingerprint density at radius 1 is 1.35 bits per heavy atom. The number of hydrogen-bond acceptors (Lipinski definition) is 4. The van der Waals surface area contributed by atoms with Crippen molar-refractivity contribution in [3.8, 4) is 0 Å². The van der Waals surface area contributed by atoms with Crippen LogP contribution in [-0.2, 0) is 26.2 Å². The quantitative estimate of drug-likeness (QED) is 0.847. The summed E-state index contributed by atoms with van der Waals surface area (Å²) in [4.78, 5) is 25.1. The molecule has 0 aromatic carbocycles. The lowest BCUT2D eigenvalue weighted by molar-refractivity contribution is -0.141. The number of alkyl halides is 3. The topological polar surface area (TPSA) is 75.9 Å². The molecule has 0 radical (unpaired) electrons. The number of carbonyl (C=O) groups is 1. The Hall–Kier alpha value is -2.65. The van der Waals surface area contributed by atoms with Gasteiger partial charge in [0.1, 0.15) is 17.3 Å². The van der Waals surface area contributed by atoms with E-state index in [4.69, 9.17) is 0 Å². The minimum absolute atomic E-state index is 0.0768. The molecule has 142 valence electrons. The Morgan fingerprint density at radius 3 is 2.69 bits per heavy atom. The fraction of sp³-hybridized carbons (Fsp3) is 0.500. The minimum Gasteiger partial charge on any atom is -0.338 e. The molecule has 26 heavy (non-hydrogen) atoms. The average Bonchev–Trinajstić information content (AvgIpc) is 2.96. The summed E-state index contributed by atoms with van der Waals surface area (Å²) in [6.07, 6.45) is 0.449. The molecule has 0 aliphatic carbocycles. The van der Waals surface area contributed by atoms with Crippen molar-refractivity contribution in [3.05, 3.63) is 41.5 Å². The van der Waals surface area contributed by atoms with E-state index in [1.807, 2.05) is 17.8 Å². The number of rotatable bonds is 6. The lowest BCUT2D eigenvalue weighted by Crippen LogP contribution is -2.38. The van der Waals surface area contributed by atoms with Crippen LogP contribution in [0.15, 0.2) is 18.5 Å². The first-order valence-corrected chi connectivity index (χ1v) is 8.03. The summed E-state index contributed by atoms with van der Waals surface area (Å²) in [5.74, 6) is 0.846. The van der Waals surface area contributed by atoms with Crippen molar-refractivity contribution in [3.63, 3.8) is 0 Å². The summed E-state index contributed by atoms with van der Waals surface area (Å²) in [5, 5.41) is 2.53. The Kier molecular flexibility index (Phi) is 6.17. The molecule has 2 aromatic heterocycles. The van der Waals surface area contributed by atoms with Gasteiger partial charge in [0.25, 0.3) is 0 Å². The van der Waals surface area contributed by atoms with E-state index in [-0.39, 0.29) is 18.1 Å². The first kappa shape index (κ1) is 19.7. The molecule has 0 fully saturated rings. The molecule has 0 saturated carbocycles. The van der Waals surface area contributed by atoms with Gasteiger partial charge in [-0.05, 0) is 19.4 Å². The van der Waals surface area contributed by atoms with Gasteiger partial charge in [-0.15, -0.1) is 0 Å². The van der Waals surface area contributed by atoms with Crippen molar-refractivity contribution in [1.82, 2.24) is 29.7 Å². The number of imidazole rings is 1. The number of nitrogens with one attached hydrogen (secondary N) is 1. The number of aromatic nitrogens is 4. The molecule has 0 spiro atoms. The largest absolute Gasteiger partial charge is 0.433 e. The first-order chi connectivity index (χ1) is 12.2. The minimum atomic E-state index is -4.55. The van der Waals surface area contributed by atoms with Gasteiger partial charge in [0.05, 0.1) is 6.54 Å². The summed E-state index contributed by atoms with van der Waals surface area (Å²) in [5.41, 5.74) is -0.822. The summed E-state index contributed by atoms with van der Waals surface area (Å²) < 4.78 is 40.2. The maximum Gasteiger partial charge on any atom is 0.433 e. The molecule has 1 N–H and O–H groups in total. The van der Waals surface area contributed by atoms with Crippen LogP contribution >= 0.6 is 0 Å². The van der Waals surface area contributed by atoms with E-state index in [9.17, 15) is 18.0 Å². The van der Waals surface area contributed by atoms with Crippen LogP contribution < -0.4 is 5.32 Å². The number of amides is 2. The van der Waals surface area contributed by atoms with Crippen LogP contribution in [-0.4, -0.2) is 44.0 Å². The standard InChI is InChI=1S/C16H21F3N6O/c1-11-9-12(16(17,18)19)23-13(22-11)10-21-15(26)25(3)7-4-5-14-20-6-8-24(14)2/h6,8-9H,4-5,7,10H2,1-3H3,(H,21,26). The van der Waals surface area contributed by atoms with Crippen LogP contribution in [0.1, 0.15) is 29.5 Å². The van der Waals surface area contributed by atoms with E-state index in [0.717, 1.165) is 18.3 Å². The van der Waals surface area contributed by atoms with E-state index in [1.54, 1.807) is 13.2 Å². The van der Waals surface area contributed by atoms with E-state index < -0.39 is 17.9 Å². The second-order valence-corrected chi connectivity index (χ2v) is 5.95. The maximum absolute atomic E-state index is 12.8. The monoisotopic (exact) mass is 370 g/mol. The van der Waals surface area contributed by atoms with Gasteiger partial charge in [-0.3, -0.25) is 0 Å². The summed E-state index contributed by atoms with van der Waals surface area (Å²) in [6, 6.07) is 0.471. The molecule has 0 unspecified atom stereocenters. The van der Waals surface area contributed by atoms with Crippen molar-refractivity contribution in [1.29, 1.82) is 0 Å². The molecule has 2 rings (SSSR count). The van der Waals surface area contributed by atoms with Crippen molar-refractivity contribution in [2.24, 2.45) is 7.05 Å². The summed E-state index contributed by atoms with van der Waals surface area (Å²) in [6.45, 7) is 1.76. The third-order valence-corrected chi connectivity index (χ3v) is 3.75. The number of aryl methyl sites for hydroxylation is 3. The Morgan fingerprint density at radius 2 is 2.08 bits per heavy atom. The summed E-state index contributed by atoms with van der Waals surface area (Å²) in [7, 11) is 3.52. The number of hydrogen-bond donors (Lipinski definition) is 1. The van der Waals surface area contributed by atoms with Crippen LogP contribution in [0, 0.1) is 6.92 Å². The smallest absolute Gasteiger partial charge is 0.338 e. The molecule has 0 aliphatic heterocycles. The molecule has 2 aromatic rings. The Labute approximate surface area is 149 Å². The first-order valence-electron chi connectivity index (χ1n) is 8.03. The molecule has 0 atom stereocenters. The van der Waals surface area contributed by atoms with Gasteiger partial charge < -0.3 is 14.8 Å². The predicted octanol–water partition coefficient (Wildman–Crippen LogP) is 2.31. The van der Waals surface area contributed by atoms with Crippen molar-refractivity contribution >= 4 is 6.03 Å². The molecule has 0 bridgehead atoms. The van der Waals surface area contributed by atoms with Crippen LogP contribution in [0.2, 0.25) is 0 Å². The Balaban J connectivity index is 1.84. The third-order valence-electron chi connectivity index (χ3n) is 3.75. The molecular formula is C16H21F3N6O. The van der Waals surface area contributed by atoms with Gasteiger partial charge in [0.2, 0.25) is 0 Å². The zero-order valence-corrected chi connectivity index (χ0v) is 14.8. The maximum atomic E-state index is 12.8. The van der Waals surface area contributed by atoms with E-state index in [1.165, 1.54) is 11.8 Å². The molecular weight excluding hydrogens is 349 g/mol. The van der Waals surface area contributed by atoms with Crippen LogP contribution in [0.3, 0.4) is 0 Å². The Bertz CT molecular complexity index is 759. The molecule has 0 saturated heterocycles. The normalized spacial score (nSPS) is 11.5. The summed E-state index contributed by atoms with van der Waals surface area (Å²) >= 11 is 0. The van der Waals surface area contributed by atoms with Crippen molar-refractivity contribution in [2.45, 2.75) is 32.5 Å². The van der Waals surface area contributed by atoms with Crippen LogP contribution in [0.4, 0.5) is 18.0 Å². The molecule has 2 heterocycles. The fourth-order valence-electron chi connectivity index (χ4n) is 2.36. The van der Waals surface area contributed by atoms with Crippen LogP contribution in [0.5, 0.6) is 0 Å². The number of carbonyl (C=O) groups excluding carboxylic acids is 1. The molecule has 10 heteroatoms. The third kappa shape index (κ3) is 5.43. The zero-order chi connectivity index (χ0) is 19.3. The van der Waals surface area contributed by atoms with Gasteiger partial charge in [-0.1, -0.05) is 0 Å². The van der Waals surface area contributed by atoms with E-state index >= 15 is 0 Å². The lowest BCUT2D eigenvalue weighted by Gasteiger charge is -2.18. The number of nitrogens with zero attached hydrogens (tertiary/aromatic N) is 5. The number of halogens is 3. The highest BCUT2D eigenvalue weighted by atomic mass is 19.4. The van der Waals surface area contributed by atoms with Gasteiger partial charge in [-0.2, -0.15) is 13.2 Å². The van der Waals surface area contributed by atoms with Gasteiger partial charge >= 0.3 is 12.2 Å². The van der Waals surface area contributed by atoms with Gasteiger partial charge in [-0.25, -0.2) is 19.7 Å². The zero-order valence-electron chi connectivity index (χ0n) is 14.8. The van der Waals surface area contributed by atoms with Crippen molar-refractivity contribution < 1.29 is 18.0 Å². The van der Waals surface area contributed by atoms with E-state index in [0.29, 0.717) is 13.0 Å². The second-order valence-electron chi connectivity index (χ2n) is 5.95. The van der Waals surface area contributed by atoms with Gasteiger partial charge in [0, 0.05) is 45.1 Å². The second kappa shape index (κ2) is 8.15. The lowest BCUT2D eigenvalue weighted by atomic mass is 10.3. The fourth-order valence-corrected chi connectivity index (χ4v) is 2.36. The highest BCUT2D eigenvalue weighted by molar-refractivity contribution is 5.73. The molecule has 0 aliphatic rings. The highest BCUT2D eigenvalue weighted by Gasteiger charge is 2.33. The van der Waals surface area contributed by atoms with E-state index in [2.05, 4.69) is 20.3 Å². The van der Waals surface area contributed by atoms with Crippen LogP contribution in [0.25, 0.3) is 0 Å².